The molecule has 0 atom stereocenters. The predicted octanol–water partition coefficient (Wildman–Crippen LogP) is 6.11. The van der Waals surface area contributed by atoms with Crippen LogP contribution in [-0.2, 0) is 19.1 Å². The largest absolute Gasteiger partial charge is 0.466 e. The van der Waals surface area contributed by atoms with Crippen molar-refractivity contribution in [2.24, 2.45) is 0 Å². The van der Waals surface area contributed by atoms with Gasteiger partial charge in [0.25, 0.3) is 0 Å². The van der Waals surface area contributed by atoms with Crippen molar-refractivity contribution in [1.29, 1.82) is 0 Å². The van der Waals surface area contributed by atoms with E-state index in [1.165, 1.54) is 12.0 Å². The van der Waals surface area contributed by atoms with E-state index in [-0.39, 0.29) is 11.8 Å². The molecule has 0 aromatic carbocycles. The normalized spacial score (nSPS) is 12.4. The molecule has 0 radical (unpaired) electrons. The number of likely N-dealkylation sites (N-methyl/N-ethyl adjacent to an activating group) is 2. The molecule has 0 aromatic heterocycles. The molecule has 0 spiro atoms. The fourth-order valence-electron chi connectivity index (χ4n) is 2.91. The first-order valence-corrected chi connectivity index (χ1v) is 13.1. The van der Waals surface area contributed by atoms with Crippen LogP contribution < -0.4 is 0 Å². The Kier molecular flexibility index (Phi) is 22.1. The third-order valence-electron chi connectivity index (χ3n) is 5.26. The van der Waals surface area contributed by atoms with Crippen LogP contribution in [0.3, 0.4) is 0 Å². The topological polar surface area (TPSA) is 66.9 Å². The Balaban J connectivity index is 3.89. The lowest BCUT2D eigenvalue weighted by Gasteiger charge is -2.21. The summed E-state index contributed by atoms with van der Waals surface area (Å²) in [5, 5.41) is 0. The van der Waals surface area contributed by atoms with Gasteiger partial charge in [0.2, 0.25) is 11.8 Å². The summed E-state index contributed by atoms with van der Waals surface area (Å²) in [5.41, 5.74) is 0. The van der Waals surface area contributed by atoms with Crippen molar-refractivity contribution < 1.29 is 19.1 Å². The number of esters is 1. The smallest absolute Gasteiger partial charge is 0.330 e. The van der Waals surface area contributed by atoms with E-state index >= 15 is 0 Å². The molecular weight excluding hydrogens is 464 g/mol. The van der Waals surface area contributed by atoms with Crippen molar-refractivity contribution in [2.45, 2.75) is 58.3 Å². The minimum Gasteiger partial charge on any atom is -0.466 e. The maximum absolute atomic E-state index is 12.2. The molecule has 0 saturated heterocycles. The first-order valence-electron chi connectivity index (χ1n) is 13.1. The van der Waals surface area contributed by atoms with E-state index in [4.69, 9.17) is 0 Å². The molecule has 0 heterocycles. The van der Waals surface area contributed by atoms with Gasteiger partial charge in [-0.05, 0) is 44.9 Å². The van der Waals surface area contributed by atoms with Crippen molar-refractivity contribution in [1.82, 2.24) is 9.80 Å². The van der Waals surface area contributed by atoms with Gasteiger partial charge in [-0.15, -0.1) is 0 Å². The van der Waals surface area contributed by atoms with Crippen LogP contribution in [0, 0.1) is 0 Å². The number of carbonyl (C=O) groups is 3. The summed E-state index contributed by atoms with van der Waals surface area (Å²) in [4.78, 5) is 38.3. The SMILES string of the molecule is CCC=CCC=CCC=CCC=CCC=CCC=CCCC(=O)N(C)CCN(C)C(=O)C=CC(=O)OC. The van der Waals surface area contributed by atoms with Crippen molar-refractivity contribution in [2.75, 3.05) is 34.3 Å². The number of ether oxygens (including phenoxy) is 1. The molecule has 0 bridgehead atoms. The molecule has 2 amide bonds. The van der Waals surface area contributed by atoms with E-state index in [9.17, 15) is 14.4 Å². The standard InChI is InChI=1S/C31H46N2O4/c1-5-6-7-8-9-10-11-12-13-14-15-16-17-18-19-20-21-22-23-24-29(34)32(2)27-28-33(3)30(35)25-26-31(36)37-4/h6-7,9-10,12-13,15-16,18-19,21-22,25-26H,5,8,11,14,17,20,23-24,27-28H2,1-4H3. The van der Waals surface area contributed by atoms with Gasteiger partial charge in [0, 0.05) is 45.8 Å². The van der Waals surface area contributed by atoms with Crippen LogP contribution in [0.4, 0.5) is 0 Å². The molecule has 0 unspecified atom stereocenters. The first-order chi connectivity index (χ1) is 17.9. The van der Waals surface area contributed by atoms with Crippen LogP contribution in [0.5, 0.6) is 0 Å². The van der Waals surface area contributed by atoms with E-state index in [0.717, 1.165) is 50.7 Å². The van der Waals surface area contributed by atoms with Gasteiger partial charge in [-0.2, -0.15) is 0 Å². The number of allylic oxidation sites excluding steroid dienone is 12. The average Bonchev–Trinajstić information content (AvgIpc) is 2.90. The first kappa shape index (κ1) is 33.6. The van der Waals surface area contributed by atoms with Gasteiger partial charge in [0.05, 0.1) is 7.11 Å². The van der Waals surface area contributed by atoms with Gasteiger partial charge < -0.3 is 14.5 Å². The molecule has 0 aliphatic heterocycles. The van der Waals surface area contributed by atoms with E-state index in [0.29, 0.717) is 25.9 Å². The third-order valence-corrected chi connectivity index (χ3v) is 5.26. The predicted molar refractivity (Wildman–Crippen MR) is 154 cm³/mol. The van der Waals surface area contributed by atoms with E-state index in [2.05, 4.69) is 78.5 Å². The minimum absolute atomic E-state index is 0.0329. The van der Waals surface area contributed by atoms with Gasteiger partial charge in [-0.25, -0.2) is 4.79 Å². The Bertz CT molecular complexity index is 847. The summed E-state index contributed by atoms with van der Waals surface area (Å²) in [6, 6.07) is 0. The quantitative estimate of drug-likeness (QED) is 0.119. The lowest BCUT2D eigenvalue weighted by Crippen LogP contribution is -2.36. The fourth-order valence-corrected chi connectivity index (χ4v) is 2.91. The molecule has 0 aromatic rings. The summed E-state index contributed by atoms with van der Waals surface area (Å²) in [5.74, 6) is -0.863. The zero-order valence-electron chi connectivity index (χ0n) is 23.2. The summed E-state index contributed by atoms with van der Waals surface area (Å²) < 4.78 is 4.46. The highest BCUT2D eigenvalue weighted by Gasteiger charge is 2.11. The van der Waals surface area contributed by atoms with Crippen LogP contribution in [0.2, 0.25) is 0 Å². The van der Waals surface area contributed by atoms with Crippen LogP contribution >= 0.6 is 0 Å². The lowest BCUT2D eigenvalue weighted by molar-refractivity contribution is -0.135. The van der Waals surface area contributed by atoms with Gasteiger partial charge >= 0.3 is 5.97 Å². The summed E-state index contributed by atoms with van der Waals surface area (Å²) in [6.45, 7) is 2.95. The summed E-state index contributed by atoms with van der Waals surface area (Å²) in [6.07, 6.45) is 35.1. The lowest BCUT2D eigenvalue weighted by atomic mass is 10.2. The van der Waals surface area contributed by atoms with E-state index in [1.54, 1.807) is 19.0 Å². The van der Waals surface area contributed by atoms with Crippen molar-refractivity contribution in [3.63, 3.8) is 0 Å². The zero-order chi connectivity index (χ0) is 27.6. The highest BCUT2D eigenvalue weighted by Crippen LogP contribution is 2.00. The molecule has 6 heteroatoms. The second-order valence-corrected chi connectivity index (χ2v) is 8.39. The van der Waals surface area contributed by atoms with E-state index in [1.807, 2.05) is 6.08 Å². The average molecular weight is 511 g/mol. The number of rotatable bonds is 19. The number of hydrogen-bond acceptors (Lipinski definition) is 4. The maximum atomic E-state index is 12.2. The Morgan fingerprint density at radius 2 is 1.05 bits per heavy atom. The number of hydrogen-bond donors (Lipinski definition) is 0. The highest BCUT2D eigenvalue weighted by atomic mass is 16.5. The van der Waals surface area contributed by atoms with Gasteiger partial charge in [-0.3, -0.25) is 9.59 Å². The molecule has 0 aliphatic carbocycles. The van der Waals surface area contributed by atoms with Crippen molar-refractivity contribution in [3.05, 3.63) is 85.1 Å². The number of amides is 2. The Labute approximate surface area is 224 Å². The van der Waals surface area contributed by atoms with Crippen LogP contribution in [-0.4, -0.2) is 61.9 Å². The monoisotopic (exact) mass is 510 g/mol. The van der Waals surface area contributed by atoms with Gasteiger partial charge in [-0.1, -0.05) is 79.8 Å². The van der Waals surface area contributed by atoms with Crippen LogP contribution in [0.15, 0.2) is 85.1 Å². The second-order valence-electron chi connectivity index (χ2n) is 8.39. The number of methoxy groups -OCH3 is 1. The molecule has 0 saturated carbocycles. The zero-order valence-corrected chi connectivity index (χ0v) is 23.2. The highest BCUT2D eigenvalue weighted by molar-refractivity contribution is 5.94. The molecule has 6 nitrogen and oxygen atoms in total. The maximum Gasteiger partial charge on any atom is 0.330 e. The summed E-state index contributed by atoms with van der Waals surface area (Å²) in [7, 11) is 4.60. The van der Waals surface area contributed by atoms with E-state index < -0.39 is 5.97 Å². The molecule has 0 aliphatic rings. The minimum atomic E-state index is -0.580. The number of carbonyl (C=O) groups excluding carboxylic acids is 3. The Morgan fingerprint density at radius 1 is 0.622 bits per heavy atom. The van der Waals surface area contributed by atoms with Crippen molar-refractivity contribution in [3.8, 4) is 0 Å². The third kappa shape index (κ3) is 21.6. The Morgan fingerprint density at radius 3 is 1.51 bits per heavy atom. The van der Waals surface area contributed by atoms with Crippen molar-refractivity contribution >= 4 is 17.8 Å². The van der Waals surface area contributed by atoms with Gasteiger partial charge in [0.1, 0.15) is 0 Å². The Hall–Kier alpha value is -3.41. The second kappa shape index (κ2) is 24.3. The molecule has 37 heavy (non-hydrogen) atoms. The fraction of sp³-hybridized carbons (Fsp3) is 0.452. The van der Waals surface area contributed by atoms with Gasteiger partial charge in [0.15, 0.2) is 0 Å². The van der Waals surface area contributed by atoms with Crippen LogP contribution in [0.1, 0.15) is 58.3 Å². The molecule has 0 rings (SSSR count). The molecule has 204 valence electrons. The molecular formula is C31H46N2O4. The van der Waals surface area contributed by atoms with Crippen LogP contribution in [0.25, 0.3) is 0 Å². The number of nitrogens with zero attached hydrogens (tertiary/aromatic N) is 2. The summed E-state index contributed by atoms with van der Waals surface area (Å²) >= 11 is 0. The molecule has 0 fully saturated rings. The molecule has 0 N–H and O–H groups in total.